The summed E-state index contributed by atoms with van der Waals surface area (Å²) < 4.78 is 0. The number of hydrogen-bond acceptors (Lipinski definition) is 4. The van der Waals surface area contributed by atoms with Gasteiger partial charge in [0.2, 0.25) is 0 Å². The minimum absolute atomic E-state index is 0. The molecule has 166 valence electrons. The highest BCUT2D eigenvalue weighted by Gasteiger charge is 2.17. The van der Waals surface area contributed by atoms with Gasteiger partial charge in [0.1, 0.15) is 0 Å². The predicted octanol–water partition coefficient (Wildman–Crippen LogP) is 4.66. The summed E-state index contributed by atoms with van der Waals surface area (Å²) in [6, 6.07) is 9.69. The summed E-state index contributed by atoms with van der Waals surface area (Å²) in [7, 11) is 1.82. The summed E-state index contributed by atoms with van der Waals surface area (Å²) in [6.45, 7) is 10.5. The third-order valence-electron chi connectivity index (χ3n) is 5.74. The first-order valence-corrected chi connectivity index (χ1v) is 11.6. The minimum Gasteiger partial charge on any atom is -0.356 e. The van der Waals surface area contributed by atoms with E-state index in [-0.39, 0.29) is 24.0 Å². The molecule has 2 aromatic rings. The number of aryl methyl sites for hydroxylation is 2. The van der Waals surface area contributed by atoms with E-state index < -0.39 is 0 Å². The Morgan fingerprint density at radius 1 is 1.17 bits per heavy atom. The minimum atomic E-state index is 0. The van der Waals surface area contributed by atoms with E-state index in [0.29, 0.717) is 6.04 Å². The first kappa shape index (κ1) is 25.1. The lowest BCUT2D eigenvalue weighted by molar-refractivity contribution is 0.152. The lowest BCUT2D eigenvalue weighted by Gasteiger charge is -2.33. The monoisotopic (exact) mass is 541 g/mol. The number of rotatable bonds is 7. The highest BCUT2D eigenvalue weighted by molar-refractivity contribution is 14.0. The molecule has 7 heteroatoms. The van der Waals surface area contributed by atoms with Crippen LogP contribution in [-0.4, -0.2) is 42.0 Å². The first-order chi connectivity index (χ1) is 14.0. The second kappa shape index (κ2) is 12.6. The molecule has 0 aliphatic carbocycles. The van der Waals surface area contributed by atoms with E-state index in [9.17, 15) is 0 Å². The van der Waals surface area contributed by atoms with Crippen LogP contribution in [0.1, 0.15) is 52.9 Å². The van der Waals surface area contributed by atoms with Gasteiger partial charge in [0.25, 0.3) is 0 Å². The lowest BCUT2D eigenvalue weighted by Crippen LogP contribution is -2.38. The number of hydrogen-bond donors (Lipinski definition) is 2. The van der Waals surface area contributed by atoms with Gasteiger partial charge < -0.3 is 10.6 Å². The maximum Gasteiger partial charge on any atom is 0.191 e. The SMILES string of the molecule is CN=C(NCCc1nc(C)c(C)s1)NCc1ccc(CN2CCCCC2C)cc1.I. The fourth-order valence-corrected chi connectivity index (χ4v) is 4.66. The molecule has 1 fully saturated rings. The second-order valence-corrected chi connectivity index (χ2v) is 9.27. The Morgan fingerprint density at radius 2 is 1.90 bits per heavy atom. The molecule has 3 rings (SSSR count). The number of piperidine rings is 1. The van der Waals surface area contributed by atoms with Crippen molar-refractivity contribution in [2.45, 2.75) is 65.6 Å². The van der Waals surface area contributed by atoms with Crippen LogP contribution in [0.25, 0.3) is 0 Å². The molecule has 1 atom stereocenters. The van der Waals surface area contributed by atoms with E-state index in [0.717, 1.165) is 37.7 Å². The highest BCUT2D eigenvalue weighted by Crippen LogP contribution is 2.19. The lowest BCUT2D eigenvalue weighted by atomic mass is 10.0. The summed E-state index contributed by atoms with van der Waals surface area (Å²) in [5.41, 5.74) is 3.82. The second-order valence-electron chi connectivity index (χ2n) is 7.98. The van der Waals surface area contributed by atoms with E-state index in [2.05, 4.69) is 70.5 Å². The average Bonchev–Trinajstić information content (AvgIpc) is 3.04. The summed E-state index contributed by atoms with van der Waals surface area (Å²) in [6.07, 6.45) is 4.96. The van der Waals surface area contributed by atoms with Crippen LogP contribution in [0.3, 0.4) is 0 Å². The third-order valence-corrected chi connectivity index (χ3v) is 6.87. The molecule has 1 saturated heterocycles. The Morgan fingerprint density at radius 3 is 2.53 bits per heavy atom. The smallest absolute Gasteiger partial charge is 0.191 e. The van der Waals surface area contributed by atoms with Crippen LogP contribution in [-0.2, 0) is 19.5 Å². The van der Waals surface area contributed by atoms with Crippen LogP contribution in [0.4, 0.5) is 0 Å². The Balaban J connectivity index is 0.00000320. The third kappa shape index (κ3) is 7.50. The Labute approximate surface area is 202 Å². The number of aromatic nitrogens is 1. The molecule has 2 heterocycles. The normalized spacial score (nSPS) is 17.5. The summed E-state index contributed by atoms with van der Waals surface area (Å²) in [4.78, 5) is 12.8. The zero-order valence-electron chi connectivity index (χ0n) is 18.7. The first-order valence-electron chi connectivity index (χ1n) is 10.7. The van der Waals surface area contributed by atoms with Crippen LogP contribution in [0, 0.1) is 13.8 Å². The molecule has 1 unspecified atom stereocenters. The van der Waals surface area contributed by atoms with Gasteiger partial charge in [-0.15, -0.1) is 35.3 Å². The van der Waals surface area contributed by atoms with Gasteiger partial charge in [-0.05, 0) is 51.3 Å². The van der Waals surface area contributed by atoms with E-state index >= 15 is 0 Å². The van der Waals surface area contributed by atoms with Gasteiger partial charge in [-0.1, -0.05) is 30.7 Å². The van der Waals surface area contributed by atoms with E-state index in [4.69, 9.17) is 0 Å². The topological polar surface area (TPSA) is 52.6 Å². The van der Waals surface area contributed by atoms with Gasteiger partial charge in [-0.2, -0.15) is 0 Å². The van der Waals surface area contributed by atoms with Crippen molar-refractivity contribution in [3.05, 3.63) is 51.0 Å². The standard InChI is InChI=1S/C23H35N5S.HI/c1-17-7-5-6-14-28(17)16-21-10-8-20(9-11-21)15-26-23(24-4)25-13-12-22-27-18(2)19(3)29-22;/h8-11,17H,5-7,12-16H2,1-4H3,(H2,24,25,26);1H. The highest BCUT2D eigenvalue weighted by atomic mass is 127. The van der Waals surface area contributed by atoms with Crippen molar-refractivity contribution in [2.75, 3.05) is 20.1 Å². The van der Waals surface area contributed by atoms with Gasteiger partial charge in [0.05, 0.1) is 10.7 Å². The van der Waals surface area contributed by atoms with Crippen LogP contribution < -0.4 is 10.6 Å². The van der Waals surface area contributed by atoms with Gasteiger partial charge in [-0.3, -0.25) is 9.89 Å². The molecule has 1 aromatic carbocycles. The number of nitrogens with one attached hydrogen (secondary N) is 2. The van der Waals surface area contributed by atoms with Crippen molar-refractivity contribution in [3.63, 3.8) is 0 Å². The van der Waals surface area contributed by atoms with Gasteiger partial charge in [0.15, 0.2) is 5.96 Å². The zero-order valence-corrected chi connectivity index (χ0v) is 21.8. The number of thiazole rings is 1. The number of guanidine groups is 1. The van der Waals surface area contributed by atoms with Gasteiger partial charge >= 0.3 is 0 Å². The molecule has 0 amide bonds. The predicted molar refractivity (Wildman–Crippen MR) is 139 cm³/mol. The molecular weight excluding hydrogens is 505 g/mol. The fraction of sp³-hybridized carbons (Fsp3) is 0.565. The van der Waals surface area contributed by atoms with Crippen LogP contribution >= 0.6 is 35.3 Å². The van der Waals surface area contributed by atoms with Crippen molar-refractivity contribution in [1.29, 1.82) is 0 Å². The molecule has 1 aliphatic heterocycles. The van der Waals surface area contributed by atoms with Crippen molar-refractivity contribution in [2.24, 2.45) is 4.99 Å². The molecule has 0 bridgehead atoms. The summed E-state index contributed by atoms with van der Waals surface area (Å²) in [5, 5.41) is 7.98. The summed E-state index contributed by atoms with van der Waals surface area (Å²) >= 11 is 1.78. The van der Waals surface area contributed by atoms with Crippen molar-refractivity contribution >= 4 is 41.3 Å². The maximum absolute atomic E-state index is 4.60. The molecule has 1 aliphatic rings. The molecule has 30 heavy (non-hydrogen) atoms. The average molecular weight is 542 g/mol. The van der Waals surface area contributed by atoms with Gasteiger partial charge in [0, 0.05) is 44.0 Å². The molecule has 2 N–H and O–H groups in total. The molecule has 0 saturated carbocycles. The molecule has 0 spiro atoms. The van der Waals surface area contributed by atoms with Crippen molar-refractivity contribution in [3.8, 4) is 0 Å². The number of benzene rings is 1. The fourth-order valence-electron chi connectivity index (χ4n) is 3.73. The number of halogens is 1. The Kier molecular flexibility index (Phi) is 10.5. The summed E-state index contributed by atoms with van der Waals surface area (Å²) in [5.74, 6) is 0.834. The molecular formula is C23H36IN5S. The van der Waals surface area contributed by atoms with E-state index in [1.54, 1.807) is 11.3 Å². The molecule has 0 radical (unpaired) electrons. The van der Waals surface area contributed by atoms with Crippen molar-refractivity contribution in [1.82, 2.24) is 20.5 Å². The quantitative estimate of drug-likeness (QED) is 0.304. The molecule has 5 nitrogen and oxygen atoms in total. The zero-order chi connectivity index (χ0) is 20.6. The van der Waals surface area contributed by atoms with Crippen LogP contribution in [0.15, 0.2) is 29.3 Å². The number of aliphatic imine (C=N–C) groups is 1. The number of likely N-dealkylation sites (tertiary alicyclic amines) is 1. The van der Waals surface area contributed by atoms with E-state index in [1.807, 2.05) is 7.05 Å². The Hall–Kier alpha value is -1.19. The van der Waals surface area contributed by atoms with E-state index in [1.165, 1.54) is 46.8 Å². The van der Waals surface area contributed by atoms with Crippen molar-refractivity contribution < 1.29 is 0 Å². The number of nitrogens with zero attached hydrogens (tertiary/aromatic N) is 3. The Bertz CT molecular complexity index is 783. The van der Waals surface area contributed by atoms with Crippen LogP contribution in [0.2, 0.25) is 0 Å². The largest absolute Gasteiger partial charge is 0.356 e. The van der Waals surface area contributed by atoms with Gasteiger partial charge in [-0.25, -0.2) is 4.98 Å². The molecule has 1 aromatic heterocycles. The van der Waals surface area contributed by atoms with Crippen LogP contribution in [0.5, 0.6) is 0 Å². The maximum atomic E-state index is 4.60.